The number of nitrogens with zero attached hydrogens (tertiary/aromatic N) is 1. The van der Waals surface area contributed by atoms with E-state index in [9.17, 15) is 4.57 Å². The van der Waals surface area contributed by atoms with Crippen LogP contribution in [-0.4, -0.2) is 17.8 Å². The van der Waals surface area contributed by atoms with Gasteiger partial charge >= 0.3 is 0 Å². The van der Waals surface area contributed by atoms with E-state index in [1.807, 2.05) is 65.3 Å². The van der Waals surface area contributed by atoms with Gasteiger partial charge in [-0.05, 0) is 24.0 Å². The van der Waals surface area contributed by atoms with Crippen molar-refractivity contribution in [1.82, 2.24) is 4.67 Å². The molecule has 25 heavy (non-hydrogen) atoms. The van der Waals surface area contributed by atoms with E-state index in [1.165, 1.54) is 0 Å². The van der Waals surface area contributed by atoms with Crippen LogP contribution in [0.4, 0.5) is 0 Å². The van der Waals surface area contributed by atoms with E-state index in [-0.39, 0.29) is 0 Å². The maximum absolute atomic E-state index is 13.8. The van der Waals surface area contributed by atoms with Gasteiger partial charge in [0.05, 0.1) is 10.1 Å². The molecule has 1 aliphatic rings. The molecule has 0 N–H and O–H groups in total. The summed E-state index contributed by atoms with van der Waals surface area (Å²) in [6, 6.07) is 19.2. The number of benzene rings is 2. The molecule has 1 unspecified atom stereocenters. The van der Waals surface area contributed by atoms with Crippen molar-refractivity contribution in [3.8, 4) is 0 Å². The van der Waals surface area contributed by atoms with Gasteiger partial charge in [0.2, 0.25) is 0 Å². The van der Waals surface area contributed by atoms with Crippen molar-refractivity contribution in [1.29, 1.82) is 0 Å². The van der Waals surface area contributed by atoms with E-state index in [4.69, 9.17) is 23.2 Å². The zero-order valence-corrected chi connectivity index (χ0v) is 16.2. The minimum atomic E-state index is -2.96. The molecule has 0 aromatic heterocycles. The van der Waals surface area contributed by atoms with E-state index in [0.717, 1.165) is 37.1 Å². The highest BCUT2D eigenvalue weighted by Gasteiger charge is 2.30. The zero-order chi connectivity index (χ0) is 17.7. The predicted octanol–water partition coefficient (Wildman–Crippen LogP) is 6.84. The first-order chi connectivity index (χ1) is 12.1. The quantitative estimate of drug-likeness (QED) is 0.520. The summed E-state index contributed by atoms with van der Waals surface area (Å²) in [5.74, 6) is 3.36. The third-order valence-electron chi connectivity index (χ3n) is 4.22. The molecule has 0 radical (unpaired) electrons. The van der Waals surface area contributed by atoms with Crippen molar-refractivity contribution in [3.05, 3.63) is 83.4 Å². The maximum Gasteiger partial charge on any atom is 0.196 e. The molecule has 3 rings (SSSR count). The van der Waals surface area contributed by atoms with Crippen molar-refractivity contribution in [2.45, 2.75) is 12.8 Å². The van der Waals surface area contributed by atoms with Crippen molar-refractivity contribution < 1.29 is 4.57 Å². The van der Waals surface area contributed by atoms with Crippen molar-refractivity contribution in [2.24, 2.45) is 0 Å². The van der Waals surface area contributed by atoms with Crippen LogP contribution in [0.2, 0.25) is 0 Å². The summed E-state index contributed by atoms with van der Waals surface area (Å²) < 4.78 is 15.8. The highest BCUT2D eigenvalue weighted by atomic mass is 35.5. The molecule has 2 nitrogen and oxygen atoms in total. The number of halogens is 2. The molecule has 1 heterocycles. The molecule has 1 saturated heterocycles. The minimum Gasteiger partial charge on any atom is -0.297 e. The highest BCUT2D eigenvalue weighted by Crippen LogP contribution is 2.58. The van der Waals surface area contributed by atoms with Crippen LogP contribution in [0.3, 0.4) is 0 Å². The Morgan fingerprint density at radius 2 is 1.20 bits per heavy atom. The second-order valence-electron chi connectivity index (χ2n) is 6.02. The van der Waals surface area contributed by atoms with Crippen LogP contribution in [0.15, 0.2) is 72.3 Å². The molecule has 2 aromatic carbocycles. The second-order valence-corrected chi connectivity index (χ2v) is 9.26. The second kappa shape index (κ2) is 8.38. The normalized spacial score (nSPS) is 19.0. The molecule has 0 saturated carbocycles. The van der Waals surface area contributed by atoms with Crippen LogP contribution in [0.1, 0.15) is 24.0 Å². The summed E-state index contributed by atoms with van der Waals surface area (Å²) in [6.45, 7) is 1.59. The lowest BCUT2D eigenvalue weighted by atomic mass is 10.2. The van der Waals surface area contributed by atoms with Crippen molar-refractivity contribution in [3.63, 3.8) is 0 Å². The van der Waals surface area contributed by atoms with E-state index >= 15 is 0 Å². The topological polar surface area (TPSA) is 20.3 Å². The Morgan fingerprint density at radius 3 is 1.60 bits per heavy atom. The molecule has 1 atom stereocenters. The fourth-order valence-electron chi connectivity index (χ4n) is 2.88. The molecule has 0 bridgehead atoms. The van der Waals surface area contributed by atoms with Gasteiger partial charge in [0.1, 0.15) is 0 Å². The minimum absolute atomic E-state index is 0.490. The van der Waals surface area contributed by atoms with E-state index in [2.05, 4.69) is 0 Å². The molecule has 0 amide bonds. The van der Waals surface area contributed by atoms with Gasteiger partial charge in [0.25, 0.3) is 0 Å². The summed E-state index contributed by atoms with van der Waals surface area (Å²) in [5.41, 5.74) is 1.71. The van der Waals surface area contributed by atoms with Crippen molar-refractivity contribution >= 4 is 40.6 Å². The number of rotatable bonds is 5. The summed E-state index contributed by atoms with van der Waals surface area (Å²) in [4.78, 5) is 0. The van der Waals surface area contributed by atoms with Crippen molar-refractivity contribution in [2.75, 3.05) is 13.1 Å². The molecule has 0 spiro atoms. The van der Waals surface area contributed by atoms with Crippen LogP contribution < -0.4 is 0 Å². The lowest BCUT2D eigenvalue weighted by molar-refractivity contribution is 0.491. The average Bonchev–Trinajstić information content (AvgIpc) is 3.18. The number of hydrogen-bond acceptors (Lipinski definition) is 1. The Morgan fingerprint density at radius 1 is 0.800 bits per heavy atom. The Labute approximate surface area is 159 Å². The largest absolute Gasteiger partial charge is 0.297 e. The van der Waals surface area contributed by atoms with Gasteiger partial charge in [0.15, 0.2) is 7.29 Å². The van der Waals surface area contributed by atoms with E-state index in [1.54, 1.807) is 11.6 Å². The Bertz CT molecular complexity index is 753. The first-order valence-corrected chi connectivity index (χ1v) is 10.9. The molecule has 0 aliphatic carbocycles. The van der Waals surface area contributed by atoms with Crippen LogP contribution in [-0.2, 0) is 4.57 Å². The lowest BCUT2D eigenvalue weighted by Gasteiger charge is -2.23. The van der Waals surface area contributed by atoms with Gasteiger partial charge in [-0.15, -0.1) is 0 Å². The lowest BCUT2D eigenvalue weighted by Crippen LogP contribution is -2.13. The van der Waals surface area contributed by atoms with E-state index < -0.39 is 7.29 Å². The summed E-state index contributed by atoms with van der Waals surface area (Å²) >= 11 is 13.0. The van der Waals surface area contributed by atoms with Gasteiger partial charge in [-0.25, -0.2) is 4.67 Å². The van der Waals surface area contributed by atoms with Crippen LogP contribution in [0.25, 0.3) is 10.1 Å². The highest BCUT2D eigenvalue weighted by molar-refractivity contribution is 7.68. The Hall–Kier alpha value is -1.31. The first kappa shape index (κ1) is 18.5. The Balaban J connectivity index is 2.01. The molecule has 130 valence electrons. The SMILES string of the molecule is O=P(C=C(Cl)c1ccccc1)(/C=C(/Cl)c1ccccc1)N1CCCC1. The predicted molar refractivity (Wildman–Crippen MR) is 109 cm³/mol. The van der Waals surface area contributed by atoms with Gasteiger partial charge < -0.3 is 0 Å². The fraction of sp³-hybridized carbons (Fsp3) is 0.200. The Kier molecular flexibility index (Phi) is 6.19. The van der Waals surface area contributed by atoms with E-state index in [0.29, 0.717) is 10.1 Å². The standard InChI is InChI=1S/C20H20Cl2NOP/c21-19(17-9-3-1-4-10-17)15-25(24,23-13-7-8-14-23)16-20(22)18-11-5-2-6-12-18/h1-6,9-12,15-16H,7-8,13-14H2/b19-15+,20-16?. The monoisotopic (exact) mass is 391 g/mol. The van der Waals surface area contributed by atoms with Gasteiger partial charge in [-0.2, -0.15) is 0 Å². The van der Waals surface area contributed by atoms with Crippen LogP contribution in [0.5, 0.6) is 0 Å². The van der Waals surface area contributed by atoms with Gasteiger partial charge in [-0.1, -0.05) is 83.9 Å². The molecule has 5 heteroatoms. The zero-order valence-electron chi connectivity index (χ0n) is 13.8. The summed E-state index contributed by atoms with van der Waals surface area (Å²) in [5, 5.41) is 0.981. The molecular weight excluding hydrogens is 372 g/mol. The third-order valence-corrected chi connectivity index (χ3v) is 7.72. The molecule has 2 aromatic rings. The molecule has 1 aliphatic heterocycles. The smallest absolute Gasteiger partial charge is 0.196 e. The van der Waals surface area contributed by atoms with Crippen LogP contribution in [0, 0.1) is 0 Å². The van der Waals surface area contributed by atoms with Gasteiger partial charge in [0, 0.05) is 24.7 Å². The third kappa shape index (κ3) is 4.65. The summed E-state index contributed by atoms with van der Waals surface area (Å²) in [7, 11) is -2.96. The van der Waals surface area contributed by atoms with Gasteiger partial charge in [-0.3, -0.25) is 4.57 Å². The fourth-order valence-corrected chi connectivity index (χ4v) is 6.23. The summed E-state index contributed by atoms with van der Waals surface area (Å²) in [6.07, 6.45) is 2.08. The number of hydrogen-bond donors (Lipinski definition) is 0. The molecule has 1 fully saturated rings. The molecular formula is C20H20Cl2NOP. The maximum atomic E-state index is 13.8. The average molecular weight is 392 g/mol. The first-order valence-electron chi connectivity index (χ1n) is 8.31. The van der Waals surface area contributed by atoms with Crippen LogP contribution >= 0.6 is 30.5 Å².